The lowest BCUT2D eigenvalue weighted by atomic mass is 10.1. The maximum Gasteiger partial charge on any atom is 0.0352 e. The maximum atomic E-state index is 5.93. The molecule has 0 heterocycles. The van der Waals surface area contributed by atoms with Gasteiger partial charge in [0.2, 0.25) is 0 Å². The van der Waals surface area contributed by atoms with Gasteiger partial charge in [0.15, 0.2) is 0 Å². The third-order valence-electron chi connectivity index (χ3n) is 2.50. The highest BCUT2D eigenvalue weighted by atomic mass is 35.5. The highest BCUT2D eigenvalue weighted by Gasteiger charge is 2.05. The van der Waals surface area contributed by atoms with E-state index < -0.39 is 0 Å². The van der Waals surface area contributed by atoms with Gasteiger partial charge in [0.25, 0.3) is 0 Å². The Morgan fingerprint density at radius 1 is 1.06 bits per heavy atom. The summed E-state index contributed by atoms with van der Waals surface area (Å²) in [7, 11) is 0. The minimum absolute atomic E-state index is 0.535. The Morgan fingerprint density at radius 2 is 1.81 bits per heavy atom. The van der Waals surface area contributed by atoms with Gasteiger partial charge in [-0.05, 0) is 18.1 Å². The minimum Gasteiger partial charge on any atom is -0.125 e. The van der Waals surface area contributed by atoms with E-state index in [0.717, 1.165) is 12.3 Å². The van der Waals surface area contributed by atoms with Gasteiger partial charge >= 0.3 is 0 Å². The molecule has 0 spiro atoms. The molecule has 0 rings (SSSR count). The summed E-state index contributed by atoms with van der Waals surface area (Å²) in [5.74, 6) is 3.94. The molecule has 0 saturated heterocycles. The van der Waals surface area contributed by atoms with Crippen molar-refractivity contribution < 1.29 is 0 Å². The number of halogens is 1. The van der Waals surface area contributed by atoms with Gasteiger partial charge in [-0.25, -0.2) is 0 Å². The molecule has 0 amide bonds. The summed E-state index contributed by atoms with van der Waals surface area (Å²) in [5.41, 5.74) is 0. The SMILES string of the molecule is CCCCC#CSC(CCl)CCCCCC. The van der Waals surface area contributed by atoms with E-state index in [-0.39, 0.29) is 0 Å². The van der Waals surface area contributed by atoms with Gasteiger partial charge in [-0.2, -0.15) is 0 Å². The molecule has 0 aromatic heterocycles. The van der Waals surface area contributed by atoms with Crippen LogP contribution in [-0.2, 0) is 0 Å². The molecule has 16 heavy (non-hydrogen) atoms. The Kier molecular flexibility index (Phi) is 13.4. The van der Waals surface area contributed by atoms with Gasteiger partial charge in [0.05, 0.1) is 0 Å². The molecule has 0 nitrogen and oxygen atoms in total. The van der Waals surface area contributed by atoms with Gasteiger partial charge in [0.1, 0.15) is 0 Å². The van der Waals surface area contributed by atoms with Crippen LogP contribution < -0.4 is 0 Å². The highest BCUT2D eigenvalue weighted by Crippen LogP contribution is 2.18. The number of alkyl halides is 1. The molecule has 0 aromatic carbocycles. The zero-order valence-electron chi connectivity index (χ0n) is 10.7. The van der Waals surface area contributed by atoms with E-state index in [2.05, 4.69) is 25.0 Å². The molecule has 0 bridgehead atoms. The zero-order chi connectivity index (χ0) is 12.1. The molecule has 2 heteroatoms. The lowest BCUT2D eigenvalue weighted by molar-refractivity contribution is 0.632. The molecular weight excluding hydrogens is 236 g/mol. The van der Waals surface area contributed by atoms with Crippen LogP contribution in [0.4, 0.5) is 0 Å². The fourth-order valence-corrected chi connectivity index (χ4v) is 2.45. The van der Waals surface area contributed by atoms with Crippen molar-refractivity contribution in [1.29, 1.82) is 0 Å². The molecule has 0 aromatic rings. The van der Waals surface area contributed by atoms with Crippen LogP contribution in [0.25, 0.3) is 0 Å². The molecule has 1 atom stereocenters. The number of rotatable bonds is 9. The van der Waals surface area contributed by atoms with E-state index in [1.54, 1.807) is 11.8 Å². The average molecular weight is 261 g/mol. The quantitative estimate of drug-likeness (QED) is 0.302. The van der Waals surface area contributed by atoms with Crippen molar-refractivity contribution in [3.05, 3.63) is 0 Å². The zero-order valence-corrected chi connectivity index (χ0v) is 12.3. The largest absolute Gasteiger partial charge is 0.125 e. The second-order valence-electron chi connectivity index (χ2n) is 4.13. The summed E-state index contributed by atoms with van der Waals surface area (Å²) >= 11 is 7.67. The number of hydrogen-bond donors (Lipinski definition) is 0. The minimum atomic E-state index is 0.535. The van der Waals surface area contributed by atoms with E-state index in [0.29, 0.717) is 5.25 Å². The van der Waals surface area contributed by atoms with Gasteiger partial charge in [-0.1, -0.05) is 63.6 Å². The lowest BCUT2D eigenvalue weighted by Crippen LogP contribution is -2.03. The van der Waals surface area contributed by atoms with E-state index in [1.807, 2.05) is 0 Å². The normalized spacial score (nSPS) is 11.9. The number of hydrogen-bond acceptors (Lipinski definition) is 1. The van der Waals surface area contributed by atoms with Crippen LogP contribution in [-0.4, -0.2) is 11.1 Å². The van der Waals surface area contributed by atoms with Crippen LogP contribution in [0.2, 0.25) is 0 Å². The molecule has 1 unspecified atom stereocenters. The molecule has 94 valence electrons. The average Bonchev–Trinajstić information content (AvgIpc) is 2.31. The van der Waals surface area contributed by atoms with Crippen molar-refractivity contribution in [1.82, 2.24) is 0 Å². The first-order chi connectivity index (χ1) is 7.85. The summed E-state index contributed by atoms with van der Waals surface area (Å²) in [5, 5.41) is 3.73. The van der Waals surface area contributed by atoms with E-state index in [4.69, 9.17) is 11.6 Å². The topological polar surface area (TPSA) is 0 Å². The van der Waals surface area contributed by atoms with Crippen molar-refractivity contribution in [2.24, 2.45) is 0 Å². The first kappa shape index (κ1) is 16.2. The van der Waals surface area contributed by atoms with E-state index in [1.165, 1.54) is 44.9 Å². The predicted octanol–water partition coefficient (Wildman–Crippen LogP) is 5.45. The first-order valence-electron chi connectivity index (χ1n) is 6.54. The smallest absolute Gasteiger partial charge is 0.0352 e. The monoisotopic (exact) mass is 260 g/mol. The molecular formula is C14H25ClS. The van der Waals surface area contributed by atoms with Crippen molar-refractivity contribution in [3.63, 3.8) is 0 Å². The predicted molar refractivity (Wildman–Crippen MR) is 78.2 cm³/mol. The Bertz CT molecular complexity index is 193. The van der Waals surface area contributed by atoms with Gasteiger partial charge in [0, 0.05) is 17.6 Å². The van der Waals surface area contributed by atoms with Crippen molar-refractivity contribution in [2.75, 3.05) is 5.88 Å². The van der Waals surface area contributed by atoms with Gasteiger partial charge < -0.3 is 0 Å². The summed E-state index contributed by atoms with van der Waals surface area (Å²) in [6.45, 7) is 4.44. The molecule has 0 saturated carbocycles. The van der Waals surface area contributed by atoms with Gasteiger partial charge in [-0.3, -0.25) is 0 Å². The molecule has 0 fully saturated rings. The summed E-state index contributed by atoms with van der Waals surface area (Å²) in [6, 6.07) is 0. The highest BCUT2D eigenvalue weighted by molar-refractivity contribution is 8.04. The molecule has 0 aliphatic carbocycles. The van der Waals surface area contributed by atoms with E-state index >= 15 is 0 Å². The Hall–Kier alpha value is 0.200. The van der Waals surface area contributed by atoms with E-state index in [9.17, 15) is 0 Å². The molecule has 0 radical (unpaired) electrons. The van der Waals surface area contributed by atoms with Crippen LogP contribution in [0.3, 0.4) is 0 Å². The van der Waals surface area contributed by atoms with Crippen LogP contribution in [0.15, 0.2) is 0 Å². The number of unbranched alkanes of at least 4 members (excludes halogenated alkanes) is 5. The van der Waals surface area contributed by atoms with Crippen molar-refractivity contribution >= 4 is 23.4 Å². The van der Waals surface area contributed by atoms with Crippen LogP contribution >= 0.6 is 23.4 Å². The Balaban J connectivity index is 3.52. The lowest BCUT2D eigenvalue weighted by Gasteiger charge is -2.08. The standard InChI is InChI=1S/C14H25ClS/c1-3-5-7-9-11-14(13-15)16-12-10-8-6-4-2/h14H,3-9,11,13H2,1-2H3. The molecule has 0 aliphatic rings. The Labute approximate surface area is 111 Å². The number of thioether (sulfide) groups is 1. The Morgan fingerprint density at radius 3 is 2.44 bits per heavy atom. The summed E-state index contributed by atoms with van der Waals surface area (Å²) in [6.07, 6.45) is 10.00. The summed E-state index contributed by atoms with van der Waals surface area (Å²) in [4.78, 5) is 0. The van der Waals surface area contributed by atoms with Crippen molar-refractivity contribution in [2.45, 2.75) is 70.5 Å². The maximum absolute atomic E-state index is 5.93. The van der Waals surface area contributed by atoms with Crippen LogP contribution in [0.1, 0.15) is 65.2 Å². The second-order valence-corrected chi connectivity index (χ2v) is 5.54. The fraction of sp³-hybridized carbons (Fsp3) is 0.857. The van der Waals surface area contributed by atoms with Crippen LogP contribution in [0.5, 0.6) is 0 Å². The van der Waals surface area contributed by atoms with Crippen molar-refractivity contribution in [3.8, 4) is 11.2 Å². The third-order valence-corrected chi connectivity index (χ3v) is 4.06. The summed E-state index contributed by atoms with van der Waals surface area (Å²) < 4.78 is 0. The third kappa shape index (κ3) is 10.7. The van der Waals surface area contributed by atoms with Crippen LogP contribution in [0, 0.1) is 11.2 Å². The second kappa shape index (κ2) is 13.3. The molecule has 0 aliphatic heterocycles. The van der Waals surface area contributed by atoms with Gasteiger partial charge in [-0.15, -0.1) is 11.6 Å². The fourth-order valence-electron chi connectivity index (χ4n) is 1.41. The molecule has 0 N–H and O–H groups in total. The first-order valence-corrected chi connectivity index (χ1v) is 7.96.